The minimum Gasteiger partial charge on any atom is -0.484 e. The summed E-state index contributed by atoms with van der Waals surface area (Å²) in [5, 5.41) is 2.65. The van der Waals surface area contributed by atoms with Gasteiger partial charge in [0.25, 0.3) is 5.91 Å². The smallest absolute Gasteiger partial charge is 0.260 e. The molecule has 120 valence electrons. The van der Waals surface area contributed by atoms with Gasteiger partial charge in [0.1, 0.15) is 5.75 Å². The minimum atomic E-state index is -0.231. The van der Waals surface area contributed by atoms with Crippen molar-refractivity contribution in [3.05, 3.63) is 30.3 Å². The second-order valence-corrected chi connectivity index (χ2v) is 5.34. The number of hydrogen-bond acceptors (Lipinski definition) is 4. The van der Waals surface area contributed by atoms with Crippen molar-refractivity contribution in [2.75, 3.05) is 40.5 Å². The van der Waals surface area contributed by atoms with Crippen molar-refractivity contribution in [1.29, 1.82) is 0 Å². The molecular formula is C16H22N2O4. The molecule has 1 aliphatic rings. The fraction of sp³-hybridized carbons (Fsp3) is 0.500. The van der Waals surface area contributed by atoms with Gasteiger partial charge < -0.3 is 19.7 Å². The number of nitrogens with zero attached hydrogens (tertiary/aromatic N) is 1. The minimum absolute atomic E-state index is 0.0191. The molecule has 6 nitrogen and oxygen atoms in total. The highest BCUT2D eigenvalue weighted by Gasteiger charge is 2.39. The van der Waals surface area contributed by atoms with Crippen LogP contribution >= 0.6 is 0 Å². The van der Waals surface area contributed by atoms with Crippen LogP contribution in [-0.4, -0.2) is 57.2 Å². The number of carbonyl (C=O) groups excluding carboxylic acids is 2. The normalized spacial score (nSPS) is 20.7. The maximum atomic E-state index is 12.3. The van der Waals surface area contributed by atoms with Gasteiger partial charge >= 0.3 is 0 Å². The maximum Gasteiger partial charge on any atom is 0.260 e. The molecular weight excluding hydrogens is 284 g/mol. The lowest BCUT2D eigenvalue weighted by atomic mass is 9.96. The standard InChI is InChI=1S/C16H22N2O4/c1-17-16(20)14-9-18(8-12(14)10-21-2)15(19)11-22-13-6-4-3-5-7-13/h3-7,12,14H,8-11H2,1-2H3,(H,17,20)/t12-,14+/m0/s1. The highest BCUT2D eigenvalue weighted by atomic mass is 16.5. The van der Waals surface area contributed by atoms with E-state index in [-0.39, 0.29) is 30.3 Å². The van der Waals surface area contributed by atoms with Gasteiger partial charge in [0.15, 0.2) is 6.61 Å². The second-order valence-electron chi connectivity index (χ2n) is 5.34. The van der Waals surface area contributed by atoms with E-state index in [2.05, 4.69) is 5.32 Å². The summed E-state index contributed by atoms with van der Waals surface area (Å²) in [6.07, 6.45) is 0. The molecule has 2 amide bonds. The van der Waals surface area contributed by atoms with Gasteiger partial charge in [0.2, 0.25) is 5.91 Å². The Bertz CT molecular complexity index is 506. The van der Waals surface area contributed by atoms with Crippen LogP contribution in [0.5, 0.6) is 5.75 Å². The number of hydrogen-bond donors (Lipinski definition) is 1. The van der Waals surface area contributed by atoms with Crippen LogP contribution in [0.2, 0.25) is 0 Å². The molecule has 1 saturated heterocycles. The third-order valence-corrected chi connectivity index (χ3v) is 3.86. The van der Waals surface area contributed by atoms with Gasteiger partial charge in [-0.1, -0.05) is 18.2 Å². The molecule has 1 aromatic rings. The molecule has 0 saturated carbocycles. The van der Waals surface area contributed by atoms with E-state index in [1.807, 2.05) is 18.2 Å². The van der Waals surface area contributed by atoms with E-state index in [0.717, 1.165) is 0 Å². The topological polar surface area (TPSA) is 67.9 Å². The third-order valence-electron chi connectivity index (χ3n) is 3.86. The number of methoxy groups -OCH3 is 1. The molecule has 2 rings (SSSR count). The van der Waals surface area contributed by atoms with Crippen LogP contribution in [0, 0.1) is 11.8 Å². The summed E-state index contributed by atoms with van der Waals surface area (Å²) in [4.78, 5) is 25.8. The molecule has 1 aliphatic heterocycles. The fourth-order valence-electron chi connectivity index (χ4n) is 2.69. The van der Waals surface area contributed by atoms with Crippen LogP contribution in [0.1, 0.15) is 0 Å². The van der Waals surface area contributed by atoms with Crippen molar-refractivity contribution >= 4 is 11.8 Å². The quantitative estimate of drug-likeness (QED) is 0.832. The Labute approximate surface area is 130 Å². The van der Waals surface area contributed by atoms with E-state index in [1.54, 1.807) is 31.2 Å². The Morgan fingerprint density at radius 3 is 2.64 bits per heavy atom. The summed E-state index contributed by atoms with van der Waals surface area (Å²) >= 11 is 0. The largest absolute Gasteiger partial charge is 0.484 e. The van der Waals surface area contributed by atoms with Gasteiger partial charge in [-0.3, -0.25) is 9.59 Å². The summed E-state index contributed by atoms with van der Waals surface area (Å²) < 4.78 is 10.6. The Hall–Kier alpha value is -2.08. The molecule has 0 unspecified atom stereocenters. The summed E-state index contributed by atoms with van der Waals surface area (Å²) in [5.74, 6) is 0.278. The van der Waals surface area contributed by atoms with Crippen LogP contribution in [0.15, 0.2) is 30.3 Å². The predicted octanol–water partition coefficient (Wildman–Crippen LogP) is 0.532. The number of amides is 2. The Morgan fingerprint density at radius 2 is 2.00 bits per heavy atom. The SMILES string of the molecule is CNC(=O)[C@@H]1CN(C(=O)COc2ccccc2)C[C@H]1COC. The van der Waals surface area contributed by atoms with E-state index < -0.39 is 0 Å². The maximum absolute atomic E-state index is 12.3. The molecule has 0 bridgehead atoms. The van der Waals surface area contributed by atoms with Crippen molar-refractivity contribution < 1.29 is 19.1 Å². The molecule has 1 heterocycles. The molecule has 0 spiro atoms. The van der Waals surface area contributed by atoms with Gasteiger partial charge in [-0.25, -0.2) is 0 Å². The first kappa shape index (κ1) is 16.3. The summed E-state index contributed by atoms with van der Waals surface area (Å²) in [5.41, 5.74) is 0. The second kappa shape index (κ2) is 7.79. The van der Waals surface area contributed by atoms with Crippen LogP contribution in [-0.2, 0) is 14.3 Å². The van der Waals surface area contributed by atoms with Gasteiger partial charge in [-0.2, -0.15) is 0 Å². The number of likely N-dealkylation sites (tertiary alicyclic amines) is 1. The molecule has 1 N–H and O–H groups in total. The van der Waals surface area contributed by atoms with Gasteiger partial charge in [-0.05, 0) is 12.1 Å². The molecule has 0 aliphatic carbocycles. The van der Waals surface area contributed by atoms with Crippen LogP contribution in [0.25, 0.3) is 0 Å². The lowest BCUT2D eigenvalue weighted by Crippen LogP contribution is -2.36. The molecule has 0 aromatic heterocycles. The number of ether oxygens (including phenoxy) is 2. The molecule has 0 radical (unpaired) electrons. The summed E-state index contributed by atoms with van der Waals surface area (Å²) in [6.45, 7) is 1.36. The van der Waals surface area contributed by atoms with Crippen molar-refractivity contribution in [3.63, 3.8) is 0 Å². The van der Waals surface area contributed by atoms with Gasteiger partial charge in [-0.15, -0.1) is 0 Å². The highest BCUT2D eigenvalue weighted by molar-refractivity contribution is 5.83. The molecule has 1 aromatic carbocycles. The van der Waals surface area contributed by atoms with Crippen molar-refractivity contribution in [1.82, 2.24) is 10.2 Å². The number of rotatable bonds is 6. The predicted molar refractivity (Wildman–Crippen MR) is 81.4 cm³/mol. The monoisotopic (exact) mass is 306 g/mol. The Kier molecular flexibility index (Phi) is 5.77. The van der Waals surface area contributed by atoms with E-state index in [9.17, 15) is 9.59 Å². The van der Waals surface area contributed by atoms with Crippen molar-refractivity contribution in [3.8, 4) is 5.75 Å². The fourth-order valence-corrected chi connectivity index (χ4v) is 2.69. The third kappa shape index (κ3) is 3.98. The van der Waals surface area contributed by atoms with Crippen molar-refractivity contribution in [2.45, 2.75) is 0 Å². The van der Waals surface area contributed by atoms with Crippen molar-refractivity contribution in [2.24, 2.45) is 11.8 Å². The first-order valence-corrected chi connectivity index (χ1v) is 7.32. The van der Waals surface area contributed by atoms with E-state index in [1.165, 1.54) is 0 Å². The Morgan fingerprint density at radius 1 is 1.27 bits per heavy atom. The van der Waals surface area contributed by atoms with Crippen LogP contribution in [0.3, 0.4) is 0 Å². The number of para-hydroxylation sites is 1. The summed E-state index contributed by atoms with van der Waals surface area (Å²) in [7, 11) is 3.21. The molecule has 6 heteroatoms. The lowest BCUT2D eigenvalue weighted by Gasteiger charge is -2.16. The van der Waals surface area contributed by atoms with Crippen LogP contribution in [0.4, 0.5) is 0 Å². The lowest BCUT2D eigenvalue weighted by molar-refractivity contribution is -0.132. The Balaban J connectivity index is 1.91. The number of nitrogens with one attached hydrogen (secondary N) is 1. The van der Waals surface area contributed by atoms with Gasteiger partial charge in [0, 0.05) is 33.2 Å². The van der Waals surface area contributed by atoms with Gasteiger partial charge in [0.05, 0.1) is 12.5 Å². The highest BCUT2D eigenvalue weighted by Crippen LogP contribution is 2.24. The zero-order chi connectivity index (χ0) is 15.9. The number of carbonyl (C=O) groups is 2. The zero-order valence-electron chi connectivity index (χ0n) is 13.0. The average molecular weight is 306 g/mol. The van der Waals surface area contributed by atoms with E-state index >= 15 is 0 Å². The van der Waals surface area contributed by atoms with Crippen LogP contribution < -0.4 is 10.1 Å². The number of benzene rings is 1. The summed E-state index contributed by atoms with van der Waals surface area (Å²) in [6, 6.07) is 9.20. The first-order valence-electron chi connectivity index (χ1n) is 7.32. The molecule has 2 atom stereocenters. The van der Waals surface area contributed by atoms with E-state index in [4.69, 9.17) is 9.47 Å². The molecule has 1 fully saturated rings. The first-order chi connectivity index (χ1) is 10.7. The zero-order valence-corrected chi connectivity index (χ0v) is 13.0. The average Bonchev–Trinajstić information content (AvgIpc) is 2.97. The molecule has 22 heavy (non-hydrogen) atoms. The van der Waals surface area contributed by atoms with E-state index in [0.29, 0.717) is 25.4 Å².